The van der Waals surface area contributed by atoms with Gasteiger partial charge in [0, 0.05) is 13.1 Å². The Labute approximate surface area is 188 Å². The van der Waals surface area contributed by atoms with Crippen LogP contribution < -0.4 is 5.14 Å². The molecule has 8 heteroatoms. The lowest BCUT2D eigenvalue weighted by molar-refractivity contribution is -0.138. The fraction of sp³-hybridized carbons (Fsp3) is 0.333. The minimum Gasteiger partial charge on any atom is -0.366 e. The van der Waals surface area contributed by atoms with E-state index in [1.54, 1.807) is 12.1 Å². The minimum atomic E-state index is -3.81. The van der Waals surface area contributed by atoms with Gasteiger partial charge >= 0.3 is 0 Å². The Kier molecular flexibility index (Phi) is 5.92. The van der Waals surface area contributed by atoms with E-state index in [0.717, 1.165) is 37.1 Å². The van der Waals surface area contributed by atoms with Gasteiger partial charge in [-0.05, 0) is 48.9 Å². The molecule has 0 atom stereocenters. The largest absolute Gasteiger partial charge is 0.366 e. The number of amides is 2. The van der Waals surface area contributed by atoms with Crippen molar-refractivity contribution in [3.63, 3.8) is 0 Å². The highest BCUT2D eigenvalue weighted by Crippen LogP contribution is 2.34. The molecule has 0 aliphatic carbocycles. The van der Waals surface area contributed by atoms with Crippen LogP contribution in [0.4, 0.5) is 0 Å². The van der Waals surface area contributed by atoms with Crippen molar-refractivity contribution in [2.75, 3.05) is 13.1 Å². The maximum Gasteiger partial charge on any atom is 0.278 e. The number of imide groups is 1. The van der Waals surface area contributed by atoms with Crippen molar-refractivity contribution < 1.29 is 18.0 Å². The second kappa shape index (κ2) is 8.52. The number of rotatable bonds is 5. The Morgan fingerprint density at radius 1 is 0.938 bits per heavy atom. The van der Waals surface area contributed by atoms with Gasteiger partial charge in [-0.25, -0.2) is 13.6 Å². The molecule has 2 aromatic carbocycles. The molecule has 2 N–H and O–H groups in total. The smallest absolute Gasteiger partial charge is 0.278 e. The molecular weight excluding hydrogens is 426 g/mol. The Morgan fingerprint density at radius 3 is 2.09 bits per heavy atom. The maximum absolute atomic E-state index is 13.5. The van der Waals surface area contributed by atoms with E-state index in [9.17, 15) is 18.0 Å². The molecule has 7 nitrogen and oxygen atoms in total. The summed E-state index contributed by atoms with van der Waals surface area (Å²) in [5.74, 6) is -0.0472. The second-order valence-corrected chi connectivity index (χ2v) is 10.2. The summed E-state index contributed by atoms with van der Waals surface area (Å²) < 4.78 is 23.0. The number of likely N-dealkylation sites (tertiary alicyclic amines) is 1. The molecule has 0 radical (unpaired) electrons. The SMILES string of the molecule is Cc1ccc(C2=C(N3CCC(C)CC3)C(=O)N(Cc3ccc(S(N)(=O)=O)cc3)C2=O)cc1. The number of aryl methyl sites for hydroxylation is 1. The number of nitrogens with two attached hydrogens (primary N) is 1. The molecule has 1 fully saturated rings. The average Bonchev–Trinajstić information content (AvgIpc) is 2.99. The Bertz CT molecular complexity index is 1180. The zero-order valence-corrected chi connectivity index (χ0v) is 19.1. The van der Waals surface area contributed by atoms with Gasteiger partial charge in [0.2, 0.25) is 10.0 Å². The highest BCUT2D eigenvalue weighted by atomic mass is 32.2. The van der Waals surface area contributed by atoms with E-state index in [2.05, 4.69) is 6.92 Å². The molecule has 1 saturated heterocycles. The first-order valence-corrected chi connectivity index (χ1v) is 12.2. The highest BCUT2D eigenvalue weighted by molar-refractivity contribution is 7.89. The number of sulfonamides is 1. The van der Waals surface area contributed by atoms with Gasteiger partial charge in [0.1, 0.15) is 5.70 Å². The van der Waals surface area contributed by atoms with Crippen LogP contribution in [-0.4, -0.2) is 43.1 Å². The third-order valence-corrected chi connectivity index (χ3v) is 7.11. The average molecular weight is 454 g/mol. The molecule has 32 heavy (non-hydrogen) atoms. The predicted molar refractivity (Wildman–Crippen MR) is 121 cm³/mol. The van der Waals surface area contributed by atoms with Crippen LogP contribution in [0, 0.1) is 12.8 Å². The molecule has 0 aromatic heterocycles. The summed E-state index contributed by atoms with van der Waals surface area (Å²) in [6, 6.07) is 13.6. The third kappa shape index (κ3) is 4.33. The number of carbonyl (C=O) groups is 2. The molecule has 0 spiro atoms. The summed E-state index contributed by atoms with van der Waals surface area (Å²) in [6.45, 7) is 5.71. The summed E-state index contributed by atoms with van der Waals surface area (Å²) in [5, 5.41) is 5.16. The zero-order valence-electron chi connectivity index (χ0n) is 18.2. The third-order valence-electron chi connectivity index (χ3n) is 6.18. The van der Waals surface area contributed by atoms with Crippen LogP contribution in [0.2, 0.25) is 0 Å². The van der Waals surface area contributed by atoms with E-state index < -0.39 is 10.0 Å². The molecule has 2 heterocycles. The van der Waals surface area contributed by atoms with E-state index in [1.807, 2.05) is 36.1 Å². The van der Waals surface area contributed by atoms with Gasteiger partial charge in [-0.2, -0.15) is 0 Å². The fourth-order valence-electron chi connectivity index (χ4n) is 4.18. The lowest BCUT2D eigenvalue weighted by Gasteiger charge is -2.32. The fourth-order valence-corrected chi connectivity index (χ4v) is 4.70. The summed E-state index contributed by atoms with van der Waals surface area (Å²) >= 11 is 0. The number of hydrogen-bond acceptors (Lipinski definition) is 5. The molecule has 0 saturated carbocycles. The van der Waals surface area contributed by atoms with Crippen molar-refractivity contribution in [2.45, 2.75) is 38.1 Å². The van der Waals surface area contributed by atoms with Gasteiger partial charge in [-0.3, -0.25) is 14.5 Å². The van der Waals surface area contributed by atoms with Crippen molar-refractivity contribution >= 4 is 27.4 Å². The lowest BCUT2D eigenvalue weighted by atomic mass is 9.97. The molecule has 2 amide bonds. The first-order chi connectivity index (χ1) is 15.1. The number of nitrogens with zero attached hydrogens (tertiary/aromatic N) is 2. The van der Waals surface area contributed by atoms with Gasteiger partial charge in [-0.15, -0.1) is 0 Å². The Balaban J connectivity index is 1.67. The molecular formula is C24H27N3O4S. The van der Waals surface area contributed by atoms with Gasteiger partial charge in [-0.1, -0.05) is 48.9 Å². The van der Waals surface area contributed by atoms with Crippen LogP contribution in [0.15, 0.2) is 59.1 Å². The number of hydrogen-bond donors (Lipinski definition) is 1. The van der Waals surface area contributed by atoms with Crippen molar-refractivity contribution in [2.24, 2.45) is 11.1 Å². The topological polar surface area (TPSA) is 101 Å². The van der Waals surface area contributed by atoms with E-state index in [-0.39, 0.29) is 23.3 Å². The van der Waals surface area contributed by atoms with Crippen molar-refractivity contribution in [1.82, 2.24) is 9.80 Å². The minimum absolute atomic E-state index is 0.0121. The summed E-state index contributed by atoms with van der Waals surface area (Å²) in [6.07, 6.45) is 1.95. The first kappa shape index (κ1) is 22.2. The molecule has 0 bridgehead atoms. The number of primary sulfonamides is 1. The lowest BCUT2D eigenvalue weighted by Crippen LogP contribution is -2.38. The molecule has 0 unspecified atom stereocenters. The number of benzene rings is 2. The van der Waals surface area contributed by atoms with E-state index in [0.29, 0.717) is 22.8 Å². The number of piperidine rings is 1. The summed E-state index contributed by atoms with van der Waals surface area (Å²) in [7, 11) is -3.81. The van der Waals surface area contributed by atoms with Crippen LogP contribution in [0.3, 0.4) is 0 Å². The van der Waals surface area contributed by atoms with Crippen molar-refractivity contribution in [3.8, 4) is 0 Å². The van der Waals surface area contributed by atoms with Gasteiger partial charge in [0.25, 0.3) is 11.8 Å². The zero-order chi connectivity index (χ0) is 23.0. The standard InChI is InChI=1S/C24H27N3O4S/c1-16-3-7-19(8-4-16)21-22(26-13-11-17(2)12-14-26)24(29)27(23(21)28)15-18-5-9-20(10-6-18)32(25,30)31/h3-10,17H,11-15H2,1-2H3,(H2,25,30,31). The van der Waals surface area contributed by atoms with Crippen LogP contribution >= 0.6 is 0 Å². The summed E-state index contributed by atoms with van der Waals surface area (Å²) in [4.78, 5) is 30.2. The van der Waals surface area contributed by atoms with E-state index >= 15 is 0 Å². The Morgan fingerprint density at radius 2 is 1.53 bits per heavy atom. The predicted octanol–water partition coefficient (Wildman–Crippen LogP) is 2.65. The van der Waals surface area contributed by atoms with Crippen LogP contribution in [0.1, 0.15) is 36.5 Å². The Hall–Kier alpha value is -2.97. The van der Waals surface area contributed by atoms with Crippen molar-refractivity contribution in [1.29, 1.82) is 0 Å². The van der Waals surface area contributed by atoms with Crippen LogP contribution in [0.5, 0.6) is 0 Å². The van der Waals surface area contributed by atoms with E-state index in [1.165, 1.54) is 17.0 Å². The quantitative estimate of drug-likeness (QED) is 0.702. The van der Waals surface area contributed by atoms with Gasteiger partial charge < -0.3 is 4.90 Å². The monoisotopic (exact) mass is 453 g/mol. The highest BCUT2D eigenvalue weighted by Gasteiger charge is 2.42. The van der Waals surface area contributed by atoms with Crippen molar-refractivity contribution in [3.05, 3.63) is 70.9 Å². The molecule has 168 valence electrons. The normalized spacial score (nSPS) is 18.1. The number of carbonyl (C=O) groups excluding carboxylic acids is 2. The first-order valence-electron chi connectivity index (χ1n) is 10.7. The van der Waals surface area contributed by atoms with Crippen LogP contribution in [0.25, 0.3) is 5.57 Å². The second-order valence-electron chi connectivity index (χ2n) is 8.64. The maximum atomic E-state index is 13.5. The molecule has 2 aliphatic rings. The molecule has 4 rings (SSSR count). The molecule has 2 aliphatic heterocycles. The van der Waals surface area contributed by atoms with Crippen LogP contribution in [-0.2, 0) is 26.2 Å². The van der Waals surface area contributed by atoms with Gasteiger partial charge in [0.05, 0.1) is 17.0 Å². The van der Waals surface area contributed by atoms with Gasteiger partial charge in [0.15, 0.2) is 0 Å². The van der Waals surface area contributed by atoms with E-state index in [4.69, 9.17) is 5.14 Å². The summed E-state index contributed by atoms with van der Waals surface area (Å²) in [5.41, 5.74) is 3.36. The molecule has 2 aromatic rings.